The van der Waals surface area contributed by atoms with E-state index in [1.54, 1.807) is 0 Å². The summed E-state index contributed by atoms with van der Waals surface area (Å²) in [5.41, 5.74) is 5.25. The quantitative estimate of drug-likeness (QED) is 0.342. The smallest absolute Gasteiger partial charge is 0.252 e. The van der Waals surface area contributed by atoms with Crippen molar-refractivity contribution in [3.63, 3.8) is 0 Å². The highest BCUT2D eigenvalue weighted by molar-refractivity contribution is 5.82. The van der Waals surface area contributed by atoms with Crippen LogP contribution < -0.4 is 5.56 Å². The molecular weight excluding hydrogens is 448 g/mol. The molecule has 1 saturated carbocycles. The first-order chi connectivity index (χ1) is 17.5. The summed E-state index contributed by atoms with van der Waals surface area (Å²) < 4.78 is 2.06. The van der Waals surface area contributed by atoms with Gasteiger partial charge in [0, 0.05) is 18.7 Å². The summed E-state index contributed by atoms with van der Waals surface area (Å²) in [4.78, 5) is 18.8. The summed E-state index contributed by atoms with van der Waals surface area (Å²) in [5.74, 6) is 0.918. The van der Waals surface area contributed by atoms with Gasteiger partial charge in [0.2, 0.25) is 0 Å². The van der Waals surface area contributed by atoms with Crippen LogP contribution in [0.1, 0.15) is 79.2 Å². The van der Waals surface area contributed by atoms with E-state index in [0.29, 0.717) is 12.6 Å². The minimum Gasteiger partial charge on any atom is -0.321 e. The van der Waals surface area contributed by atoms with E-state index in [1.165, 1.54) is 24.0 Å². The third kappa shape index (κ3) is 5.12. The number of benzene rings is 2. The molecule has 1 atom stereocenters. The van der Waals surface area contributed by atoms with Gasteiger partial charge in [0.25, 0.3) is 5.56 Å². The van der Waals surface area contributed by atoms with Crippen molar-refractivity contribution in [3.8, 4) is 0 Å². The van der Waals surface area contributed by atoms with Crippen molar-refractivity contribution >= 4 is 10.9 Å². The molecule has 36 heavy (non-hydrogen) atoms. The molecule has 2 aromatic carbocycles. The molecule has 2 heterocycles. The maximum atomic E-state index is 13.2. The van der Waals surface area contributed by atoms with E-state index in [9.17, 15) is 4.79 Å². The van der Waals surface area contributed by atoms with Gasteiger partial charge < -0.3 is 4.98 Å². The number of aryl methyl sites for hydroxylation is 2. The van der Waals surface area contributed by atoms with Crippen molar-refractivity contribution in [2.75, 3.05) is 6.54 Å². The molecule has 188 valence electrons. The third-order valence-corrected chi connectivity index (χ3v) is 7.59. The van der Waals surface area contributed by atoms with Crippen LogP contribution in [0.15, 0.2) is 53.3 Å². The van der Waals surface area contributed by atoms with Gasteiger partial charge in [0.05, 0.1) is 17.6 Å². The van der Waals surface area contributed by atoms with Crippen LogP contribution in [-0.2, 0) is 13.0 Å². The topological polar surface area (TPSA) is 79.7 Å². The van der Waals surface area contributed by atoms with E-state index in [2.05, 4.69) is 86.4 Å². The predicted molar refractivity (Wildman–Crippen MR) is 143 cm³/mol. The molecule has 1 fully saturated rings. The van der Waals surface area contributed by atoms with Gasteiger partial charge in [-0.25, -0.2) is 4.68 Å². The molecular formula is C29H36N6O. The summed E-state index contributed by atoms with van der Waals surface area (Å²) >= 11 is 0. The first-order valence-corrected chi connectivity index (χ1v) is 13.2. The highest BCUT2D eigenvalue weighted by atomic mass is 16.1. The van der Waals surface area contributed by atoms with Crippen LogP contribution >= 0.6 is 0 Å². The fraction of sp³-hybridized carbons (Fsp3) is 0.448. The molecule has 0 aliphatic heterocycles. The molecule has 1 N–H and O–H groups in total. The SMILES string of the molecule is CC[C@@H](c1nnnn1C1CCCC1)N(CCc1ccccc1)Cc1cc2cc(C)cc(C)c2[nH]c1=O. The van der Waals surface area contributed by atoms with E-state index < -0.39 is 0 Å². The zero-order chi connectivity index (χ0) is 25.1. The van der Waals surface area contributed by atoms with Crippen molar-refractivity contribution in [1.82, 2.24) is 30.1 Å². The molecule has 0 radical (unpaired) electrons. The van der Waals surface area contributed by atoms with Gasteiger partial charge in [0.15, 0.2) is 5.82 Å². The second kappa shape index (κ2) is 10.7. The third-order valence-electron chi connectivity index (χ3n) is 7.59. The van der Waals surface area contributed by atoms with E-state index in [1.807, 2.05) is 13.0 Å². The Morgan fingerprint density at radius 3 is 2.64 bits per heavy atom. The second-order valence-corrected chi connectivity index (χ2v) is 10.2. The fourth-order valence-corrected chi connectivity index (χ4v) is 5.76. The maximum Gasteiger partial charge on any atom is 0.252 e. The fourth-order valence-electron chi connectivity index (χ4n) is 5.76. The lowest BCUT2D eigenvalue weighted by molar-refractivity contribution is 0.169. The average molecular weight is 485 g/mol. The second-order valence-electron chi connectivity index (χ2n) is 10.2. The molecule has 7 heteroatoms. The number of fused-ring (bicyclic) bond motifs is 1. The summed E-state index contributed by atoms with van der Waals surface area (Å²) in [6.07, 6.45) is 6.47. The molecule has 2 aromatic heterocycles. The van der Waals surface area contributed by atoms with Gasteiger partial charge in [0.1, 0.15) is 0 Å². The van der Waals surface area contributed by atoms with Crippen LogP contribution in [0.2, 0.25) is 0 Å². The standard InChI is InChI=1S/C29H36N6O/c1-4-26(28-31-32-33-35(28)25-12-8-9-13-25)34(15-14-22-10-6-5-7-11-22)19-24-18-23-17-20(2)16-21(3)27(23)30-29(24)36/h5-7,10-11,16-18,25-26H,4,8-9,12-15,19H2,1-3H3,(H,30,36)/t26-/m0/s1. The highest BCUT2D eigenvalue weighted by Gasteiger charge is 2.29. The van der Waals surface area contributed by atoms with Crippen molar-refractivity contribution in [1.29, 1.82) is 0 Å². The lowest BCUT2D eigenvalue weighted by Crippen LogP contribution is -2.34. The summed E-state index contributed by atoms with van der Waals surface area (Å²) in [5, 5.41) is 14.1. The van der Waals surface area contributed by atoms with Gasteiger partial charge in [-0.1, -0.05) is 61.7 Å². The van der Waals surface area contributed by atoms with Crippen LogP contribution in [0.25, 0.3) is 10.9 Å². The lowest BCUT2D eigenvalue weighted by Gasteiger charge is -2.31. The minimum absolute atomic E-state index is 0.0237. The Morgan fingerprint density at radius 1 is 1.11 bits per heavy atom. The molecule has 0 amide bonds. The number of rotatable bonds is 9. The molecule has 5 rings (SSSR count). The Labute approximate surface area is 212 Å². The maximum absolute atomic E-state index is 13.2. The van der Waals surface area contributed by atoms with E-state index >= 15 is 0 Å². The van der Waals surface area contributed by atoms with Crippen molar-refractivity contribution in [2.45, 2.75) is 77.9 Å². The molecule has 4 aromatic rings. The zero-order valence-electron chi connectivity index (χ0n) is 21.6. The van der Waals surface area contributed by atoms with E-state index in [0.717, 1.165) is 60.1 Å². The number of aromatic nitrogens is 5. The largest absolute Gasteiger partial charge is 0.321 e. The number of pyridine rings is 1. The molecule has 1 aliphatic rings. The van der Waals surface area contributed by atoms with Gasteiger partial charge in [-0.15, -0.1) is 5.10 Å². The number of nitrogens with one attached hydrogen (secondary N) is 1. The summed E-state index contributed by atoms with van der Waals surface area (Å²) in [6, 6.07) is 17.3. The molecule has 0 spiro atoms. The number of H-pyrrole nitrogens is 1. The monoisotopic (exact) mass is 484 g/mol. The van der Waals surface area contributed by atoms with Gasteiger partial charge in [-0.05, 0) is 78.6 Å². The Balaban J connectivity index is 1.50. The average Bonchev–Trinajstić information content (AvgIpc) is 3.57. The van der Waals surface area contributed by atoms with Crippen LogP contribution in [0.5, 0.6) is 0 Å². The van der Waals surface area contributed by atoms with Gasteiger partial charge in [-0.3, -0.25) is 9.69 Å². The predicted octanol–water partition coefficient (Wildman–Crippen LogP) is 5.44. The first kappa shape index (κ1) is 24.4. The number of hydrogen-bond donors (Lipinski definition) is 1. The minimum atomic E-state index is -0.0237. The normalized spacial score (nSPS) is 15.2. The molecule has 0 bridgehead atoms. The van der Waals surface area contributed by atoms with Crippen LogP contribution in [0, 0.1) is 13.8 Å². The Kier molecular flexibility index (Phi) is 7.28. The first-order valence-electron chi connectivity index (χ1n) is 13.2. The van der Waals surface area contributed by atoms with E-state index in [-0.39, 0.29) is 11.6 Å². The zero-order valence-corrected chi connectivity index (χ0v) is 21.6. The Bertz CT molecular complexity index is 1370. The van der Waals surface area contributed by atoms with Gasteiger partial charge >= 0.3 is 0 Å². The molecule has 0 unspecified atom stereocenters. The van der Waals surface area contributed by atoms with Crippen LogP contribution in [-0.4, -0.2) is 36.6 Å². The Morgan fingerprint density at radius 2 is 1.89 bits per heavy atom. The highest BCUT2D eigenvalue weighted by Crippen LogP contribution is 2.33. The van der Waals surface area contributed by atoms with E-state index in [4.69, 9.17) is 0 Å². The molecule has 7 nitrogen and oxygen atoms in total. The Hall–Kier alpha value is -3.32. The van der Waals surface area contributed by atoms with Crippen LogP contribution in [0.4, 0.5) is 0 Å². The number of nitrogens with zero attached hydrogens (tertiary/aromatic N) is 5. The summed E-state index contributed by atoms with van der Waals surface area (Å²) in [7, 11) is 0. The number of aromatic amines is 1. The van der Waals surface area contributed by atoms with Gasteiger partial charge in [-0.2, -0.15) is 0 Å². The number of hydrogen-bond acceptors (Lipinski definition) is 5. The molecule has 0 saturated heterocycles. The number of tetrazole rings is 1. The molecule has 1 aliphatic carbocycles. The van der Waals surface area contributed by atoms with Crippen molar-refractivity contribution in [3.05, 3.63) is 87.0 Å². The lowest BCUT2D eigenvalue weighted by atomic mass is 10.0. The summed E-state index contributed by atoms with van der Waals surface area (Å²) in [6.45, 7) is 7.68. The van der Waals surface area contributed by atoms with Crippen molar-refractivity contribution < 1.29 is 0 Å². The van der Waals surface area contributed by atoms with Crippen molar-refractivity contribution in [2.24, 2.45) is 0 Å². The van der Waals surface area contributed by atoms with Crippen LogP contribution in [0.3, 0.4) is 0 Å².